The van der Waals surface area contributed by atoms with Crippen LogP contribution in [0.1, 0.15) is 37.1 Å². The van der Waals surface area contributed by atoms with Gasteiger partial charge in [0.1, 0.15) is 0 Å². The van der Waals surface area contributed by atoms with Crippen molar-refractivity contribution in [2.24, 2.45) is 11.7 Å². The number of carbonyl (C=O) groups is 1. The van der Waals surface area contributed by atoms with E-state index in [9.17, 15) is 4.79 Å². The average Bonchev–Trinajstić information content (AvgIpc) is 2.87. The molecule has 1 heterocycles. The largest absolute Gasteiger partial charge is 0.349 e. The minimum atomic E-state index is 0.115. The van der Waals surface area contributed by atoms with Gasteiger partial charge in [-0.05, 0) is 37.6 Å². The van der Waals surface area contributed by atoms with Crippen molar-refractivity contribution in [1.29, 1.82) is 0 Å². The van der Waals surface area contributed by atoms with Gasteiger partial charge in [-0.1, -0.05) is 6.07 Å². The molecule has 4 heteroatoms. The molecule has 2 rings (SSSR count). The fourth-order valence-electron chi connectivity index (χ4n) is 2.19. The van der Waals surface area contributed by atoms with Crippen LogP contribution in [0, 0.1) is 5.92 Å². The number of rotatable bonds is 3. The number of hydrogen-bond acceptors (Lipinski definition) is 3. The number of carbonyl (C=O) groups excluding carboxylic acids is 1. The lowest BCUT2D eigenvalue weighted by molar-refractivity contribution is -0.125. The van der Waals surface area contributed by atoms with Gasteiger partial charge in [-0.15, -0.1) is 11.3 Å². The first kappa shape index (κ1) is 11.6. The summed E-state index contributed by atoms with van der Waals surface area (Å²) >= 11 is 1.68. The van der Waals surface area contributed by atoms with Crippen molar-refractivity contribution < 1.29 is 4.79 Å². The first-order valence-corrected chi connectivity index (χ1v) is 6.64. The van der Waals surface area contributed by atoms with Crippen molar-refractivity contribution in [2.75, 3.05) is 0 Å². The summed E-state index contributed by atoms with van der Waals surface area (Å²) in [6.45, 7) is 2.03. The molecular formula is C12H18N2OS. The Morgan fingerprint density at radius 3 is 3.00 bits per heavy atom. The topological polar surface area (TPSA) is 55.1 Å². The van der Waals surface area contributed by atoms with E-state index in [-0.39, 0.29) is 23.9 Å². The third-order valence-corrected chi connectivity index (χ3v) is 4.23. The summed E-state index contributed by atoms with van der Waals surface area (Å²) in [4.78, 5) is 13.1. The summed E-state index contributed by atoms with van der Waals surface area (Å²) < 4.78 is 0. The lowest BCUT2D eigenvalue weighted by atomic mass is 10.1. The van der Waals surface area contributed by atoms with Gasteiger partial charge in [0.2, 0.25) is 5.91 Å². The molecule has 0 aromatic carbocycles. The summed E-state index contributed by atoms with van der Waals surface area (Å²) in [6.07, 6.45) is 2.75. The zero-order valence-corrected chi connectivity index (χ0v) is 10.3. The molecule has 1 aromatic heterocycles. The van der Waals surface area contributed by atoms with Crippen molar-refractivity contribution in [3.63, 3.8) is 0 Å². The highest BCUT2D eigenvalue weighted by molar-refractivity contribution is 7.10. The van der Waals surface area contributed by atoms with Crippen molar-refractivity contribution in [3.05, 3.63) is 22.4 Å². The predicted octanol–water partition coefficient (Wildman–Crippen LogP) is 2.05. The lowest BCUT2D eigenvalue weighted by Crippen LogP contribution is -2.32. The molecule has 3 atom stereocenters. The average molecular weight is 238 g/mol. The molecule has 1 aliphatic carbocycles. The summed E-state index contributed by atoms with van der Waals surface area (Å²) in [6, 6.07) is 4.39. The van der Waals surface area contributed by atoms with Crippen LogP contribution in [0.25, 0.3) is 0 Å². The fourth-order valence-corrected chi connectivity index (χ4v) is 2.93. The molecule has 16 heavy (non-hydrogen) atoms. The van der Waals surface area contributed by atoms with Crippen LogP contribution in [0.15, 0.2) is 17.5 Å². The maximum Gasteiger partial charge on any atom is 0.223 e. The highest BCUT2D eigenvalue weighted by Crippen LogP contribution is 2.26. The summed E-state index contributed by atoms with van der Waals surface area (Å²) in [7, 11) is 0. The molecule has 1 aliphatic rings. The quantitative estimate of drug-likeness (QED) is 0.847. The van der Waals surface area contributed by atoms with E-state index in [0.717, 1.165) is 19.3 Å². The van der Waals surface area contributed by atoms with Gasteiger partial charge >= 0.3 is 0 Å². The second-order valence-corrected chi connectivity index (χ2v) is 5.50. The monoisotopic (exact) mass is 238 g/mol. The molecule has 0 aliphatic heterocycles. The molecule has 0 bridgehead atoms. The molecule has 3 nitrogen and oxygen atoms in total. The zero-order chi connectivity index (χ0) is 11.5. The van der Waals surface area contributed by atoms with E-state index in [1.807, 2.05) is 18.4 Å². The molecule has 88 valence electrons. The van der Waals surface area contributed by atoms with Crippen LogP contribution in [-0.2, 0) is 4.79 Å². The molecule has 0 spiro atoms. The summed E-state index contributed by atoms with van der Waals surface area (Å²) in [5.74, 6) is 0.284. The summed E-state index contributed by atoms with van der Waals surface area (Å²) in [5, 5.41) is 5.09. The Bertz CT molecular complexity index is 350. The van der Waals surface area contributed by atoms with Gasteiger partial charge in [-0.3, -0.25) is 4.79 Å². The molecule has 1 amide bonds. The van der Waals surface area contributed by atoms with Gasteiger partial charge in [0.05, 0.1) is 6.04 Å². The van der Waals surface area contributed by atoms with Crippen LogP contribution in [0.3, 0.4) is 0 Å². The van der Waals surface area contributed by atoms with Crippen LogP contribution in [-0.4, -0.2) is 11.9 Å². The normalized spacial score (nSPS) is 26.6. The highest BCUT2D eigenvalue weighted by atomic mass is 32.1. The molecule has 1 fully saturated rings. The SMILES string of the molecule is C[C@H](NC(=O)C1CCC(N)C1)c1cccs1. The molecule has 1 saturated carbocycles. The van der Waals surface area contributed by atoms with E-state index in [1.54, 1.807) is 11.3 Å². The Hall–Kier alpha value is -0.870. The highest BCUT2D eigenvalue weighted by Gasteiger charge is 2.28. The van der Waals surface area contributed by atoms with E-state index in [2.05, 4.69) is 11.4 Å². The second-order valence-electron chi connectivity index (χ2n) is 4.52. The Kier molecular flexibility index (Phi) is 3.61. The van der Waals surface area contributed by atoms with Crippen LogP contribution in [0.2, 0.25) is 0 Å². The molecule has 0 radical (unpaired) electrons. The minimum absolute atomic E-state index is 0.115. The van der Waals surface area contributed by atoms with Crippen molar-refractivity contribution >= 4 is 17.2 Å². The molecule has 0 saturated heterocycles. The van der Waals surface area contributed by atoms with E-state index in [1.165, 1.54) is 4.88 Å². The number of amides is 1. The van der Waals surface area contributed by atoms with Gasteiger partial charge < -0.3 is 11.1 Å². The minimum Gasteiger partial charge on any atom is -0.349 e. The maximum absolute atomic E-state index is 11.9. The first-order valence-electron chi connectivity index (χ1n) is 5.76. The van der Waals surface area contributed by atoms with Crippen molar-refractivity contribution in [1.82, 2.24) is 5.32 Å². The van der Waals surface area contributed by atoms with Gasteiger partial charge in [0.15, 0.2) is 0 Å². The number of hydrogen-bond donors (Lipinski definition) is 2. The van der Waals surface area contributed by atoms with Gasteiger partial charge in [-0.2, -0.15) is 0 Å². The van der Waals surface area contributed by atoms with E-state index < -0.39 is 0 Å². The van der Waals surface area contributed by atoms with E-state index in [0.29, 0.717) is 0 Å². The van der Waals surface area contributed by atoms with Gasteiger partial charge in [-0.25, -0.2) is 0 Å². The Labute approximate surface area is 100 Å². The van der Waals surface area contributed by atoms with Crippen LogP contribution in [0.5, 0.6) is 0 Å². The maximum atomic E-state index is 11.9. The molecule has 2 unspecified atom stereocenters. The smallest absolute Gasteiger partial charge is 0.223 e. The fraction of sp³-hybridized carbons (Fsp3) is 0.583. The molecular weight excluding hydrogens is 220 g/mol. The van der Waals surface area contributed by atoms with E-state index >= 15 is 0 Å². The lowest BCUT2D eigenvalue weighted by Gasteiger charge is -2.15. The van der Waals surface area contributed by atoms with Crippen LogP contribution < -0.4 is 11.1 Å². The van der Waals surface area contributed by atoms with Gasteiger partial charge in [0.25, 0.3) is 0 Å². The Morgan fingerprint density at radius 1 is 1.62 bits per heavy atom. The Balaban J connectivity index is 1.88. The van der Waals surface area contributed by atoms with Crippen molar-refractivity contribution in [3.8, 4) is 0 Å². The second kappa shape index (κ2) is 4.97. The van der Waals surface area contributed by atoms with E-state index in [4.69, 9.17) is 5.73 Å². The molecule has 3 N–H and O–H groups in total. The first-order chi connectivity index (χ1) is 7.66. The number of nitrogens with two attached hydrogens (primary N) is 1. The molecule has 1 aromatic rings. The zero-order valence-electron chi connectivity index (χ0n) is 9.48. The van der Waals surface area contributed by atoms with Crippen LogP contribution in [0.4, 0.5) is 0 Å². The number of thiophene rings is 1. The van der Waals surface area contributed by atoms with Crippen LogP contribution >= 0.6 is 11.3 Å². The van der Waals surface area contributed by atoms with Crippen molar-refractivity contribution in [2.45, 2.75) is 38.3 Å². The predicted molar refractivity (Wildman–Crippen MR) is 66.2 cm³/mol. The third-order valence-electron chi connectivity index (χ3n) is 3.17. The standard InChI is InChI=1S/C12H18N2OS/c1-8(11-3-2-6-16-11)14-12(15)9-4-5-10(13)7-9/h2-3,6,8-10H,4-5,7,13H2,1H3,(H,14,15)/t8-,9?,10?/m0/s1. The summed E-state index contributed by atoms with van der Waals surface area (Å²) in [5.41, 5.74) is 5.81. The number of nitrogens with one attached hydrogen (secondary N) is 1. The Morgan fingerprint density at radius 2 is 2.44 bits per heavy atom. The third kappa shape index (κ3) is 2.62. The van der Waals surface area contributed by atoms with Gasteiger partial charge in [0, 0.05) is 16.8 Å².